The van der Waals surface area contributed by atoms with Gasteiger partial charge in [0.2, 0.25) is 0 Å². The van der Waals surface area contributed by atoms with E-state index in [2.05, 4.69) is 20.7 Å². The van der Waals surface area contributed by atoms with Crippen LogP contribution < -0.4 is 10.6 Å². The lowest BCUT2D eigenvalue weighted by Gasteiger charge is -2.19. The Morgan fingerprint density at radius 1 is 1.07 bits per heavy atom. The van der Waals surface area contributed by atoms with Gasteiger partial charge in [0, 0.05) is 24.0 Å². The van der Waals surface area contributed by atoms with Gasteiger partial charge in [0.1, 0.15) is 16.9 Å². The van der Waals surface area contributed by atoms with Crippen LogP contribution in [-0.4, -0.2) is 74.8 Å². The van der Waals surface area contributed by atoms with Gasteiger partial charge in [-0.3, -0.25) is 4.79 Å². The van der Waals surface area contributed by atoms with Crippen LogP contribution in [0.1, 0.15) is 81.6 Å². The van der Waals surface area contributed by atoms with Gasteiger partial charge in [-0.05, 0) is 79.7 Å². The highest BCUT2D eigenvalue weighted by Gasteiger charge is 2.29. The van der Waals surface area contributed by atoms with E-state index in [9.17, 15) is 19.2 Å². The average Bonchev–Trinajstić information content (AvgIpc) is 3.61. The Morgan fingerprint density at radius 3 is 2.46 bits per heavy atom. The molecule has 0 atom stereocenters. The van der Waals surface area contributed by atoms with Crippen LogP contribution in [0.25, 0.3) is 22.9 Å². The Morgan fingerprint density at radius 2 is 1.78 bits per heavy atom. The molecule has 2 amide bonds. The summed E-state index contributed by atoms with van der Waals surface area (Å²) >= 11 is 0. The van der Waals surface area contributed by atoms with Crippen molar-refractivity contribution in [1.82, 2.24) is 25.1 Å². The Bertz CT molecular complexity index is 1670. The van der Waals surface area contributed by atoms with Crippen LogP contribution in [0.3, 0.4) is 0 Å². The van der Waals surface area contributed by atoms with E-state index in [1.165, 1.54) is 6.20 Å². The third-order valence-corrected chi connectivity index (χ3v) is 6.21. The summed E-state index contributed by atoms with van der Waals surface area (Å²) in [5, 5.41) is 9.83. The van der Waals surface area contributed by atoms with Gasteiger partial charge in [-0.25, -0.2) is 19.4 Å². The second kappa shape index (κ2) is 13.6. The number of alkyl carbamates (subject to hydrolysis) is 1. The normalized spacial score (nSPS) is 13.7. The third kappa shape index (κ3) is 8.59. The van der Waals surface area contributed by atoms with E-state index in [-0.39, 0.29) is 31.9 Å². The monoisotopic (exact) mass is 636 g/mol. The molecule has 0 aliphatic carbocycles. The van der Waals surface area contributed by atoms with E-state index in [1.54, 1.807) is 79.7 Å². The smallest absolute Gasteiger partial charge is 0.435 e. The molecule has 14 heteroatoms. The predicted octanol–water partition coefficient (Wildman–Crippen LogP) is 5.08. The fraction of sp³-hybridized carbons (Fsp3) is 0.438. The molecule has 3 aromatic rings. The minimum absolute atomic E-state index is 0.0234. The van der Waals surface area contributed by atoms with Crippen molar-refractivity contribution < 1.29 is 38.1 Å². The first kappa shape index (κ1) is 33.9. The maximum atomic E-state index is 13.0. The molecule has 3 aromatic heterocycles. The maximum absolute atomic E-state index is 13.0. The van der Waals surface area contributed by atoms with Crippen LogP contribution in [-0.2, 0) is 30.3 Å². The molecule has 0 radical (unpaired) electrons. The number of carbonyl (C=O) groups is 4. The van der Waals surface area contributed by atoms with Crippen LogP contribution in [0, 0.1) is 6.92 Å². The number of nitrogens with one attached hydrogen (secondary N) is 3. The summed E-state index contributed by atoms with van der Waals surface area (Å²) < 4.78 is 22.7. The van der Waals surface area contributed by atoms with Crippen molar-refractivity contribution in [3.63, 3.8) is 0 Å². The molecule has 0 aromatic carbocycles. The van der Waals surface area contributed by atoms with Crippen LogP contribution in [0.4, 0.5) is 15.3 Å². The number of hydrogen-bond donors (Lipinski definition) is 3. The molecule has 0 saturated heterocycles. The first-order chi connectivity index (χ1) is 21.5. The molecule has 4 heterocycles. The molecule has 0 fully saturated rings. The van der Waals surface area contributed by atoms with Crippen molar-refractivity contribution >= 4 is 41.4 Å². The Kier molecular flexibility index (Phi) is 10.00. The van der Waals surface area contributed by atoms with E-state index in [1.807, 2.05) is 0 Å². The van der Waals surface area contributed by atoms with Crippen molar-refractivity contribution in [3.05, 3.63) is 52.7 Å². The summed E-state index contributed by atoms with van der Waals surface area (Å²) in [6, 6.07) is 5.04. The number of ether oxygens (including phenoxy) is 4. The molecule has 4 rings (SSSR count). The summed E-state index contributed by atoms with van der Waals surface area (Å²) in [5.74, 6) is -0.910. The number of anilines is 1. The number of rotatable bonds is 9. The zero-order valence-corrected chi connectivity index (χ0v) is 27.3. The first-order valence-corrected chi connectivity index (χ1v) is 14.8. The lowest BCUT2D eigenvalue weighted by molar-refractivity contribution is -0.110. The molecule has 246 valence electrons. The lowest BCUT2D eigenvalue weighted by atomic mass is 10.1. The molecule has 0 unspecified atom stereocenters. The fourth-order valence-corrected chi connectivity index (χ4v) is 4.43. The molecule has 1 aliphatic heterocycles. The first-order valence-electron chi connectivity index (χ1n) is 14.8. The van der Waals surface area contributed by atoms with Gasteiger partial charge in [-0.1, -0.05) is 0 Å². The molecule has 14 nitrogen and oxygen atoms in total. The highest BCUT2D eigenvalue weighted by molar-refractivity contribution is 6.34. The minimum Gasteiger partial charge on any atom is -0.462 e. The van der Waals surface area contributed by atoms with Crippen molar-refractivity contribution in [2.24, 2.45) is 0 Å². The van der Waals surface area contributed by atoms with E-state index < -0.39 is 35.3 Å². The molecule has 3 N–H and O–H groups in total. The number of amides is 2. The Labute approximate surface area is 266 Å². The summed E-state index contributed by atoms with van der Waals surface area (Å²) in [7, 11) is 0. The predicted molar refractivity (Wildman–Crippen MR) is 169 cm³/mol. The summed E-state index contributed by atoms with van der Waals surface area (Å²) in [5.41, 5.74) is 2.35. The number of fused-ring (bicyclic) bond motifs is 1. The number of H-pyrrole nitrogens is 1. The number of carbonyl (C=O) groups excluding carboxylic acids is 4. The number of aromatic amines is 1. The third-order valence-electron chi connectivity index (χ3n) is 6.21. The van der Waals surface area contributed by atoms with Crippen molar-refractivity contribution in [3.8, 4) is 11.3 Å². The van der Waals surface area contributed by atoms with Gasteiger partial charge >= 0.3 is 18.2 Å². The van der Waals surface area contributed by atoms with Crippen molar-refractivity contribution in [2.75, 3.05) is 25.1 Å². The zero-order valence-electron chi connectivity index (χ0n) is 27.3. The fourth-order valence-electron chi connectivity index (χ4n) is 4.43. The molecule has 0 spiro atoms. The number of esters is 1. The summed E-state index contributed by atoms with van der Waals surface area (Å²) in [4.78, 5) is 58.3. The topological polar surface area (TPSA) is 176 Å². The second-order valence-electron chi connectivity index (χ2n) is 12.5. The highest BCUT2D eigenvalue weighted by atomic mass is 16.6. The standard InChI is InChI=1S/C32H40N6O8/c1-9-44-28(40)19-14-18(2)34-24(19)15-20-26-23(36-27(20)39)11-10-22(35-26)21-16-38(30(42)46-32(6,7)8)37-25(21)17-43-13-12-33-29(41)45-31(3,4)5/h10-11,14-16,34H,9,12-13,17H2,1-8H3,(H,33,41)(H,36,39)/b20-15-. The molecule has 1 aliphatic rings. The molecular formula is C32H40N6O8. The van der Waals surface area contributed by atoms with Gasteiger partial charge in [0.05, 0.1) is 53.7 Å². The van der Waals surface area contributed by atoms with Crippen molar-refractivity contribution in [2.45, 2.75) is 73.2 Å². The van der Waals surface area contributed by atoms with Gasteiger partial charge in [0.25, 0.3) is 5.91 Å². The number of aromatic nitrogens is 4. The van der Waals surface area contributed by atoms with Crippen LogP contribution in [0.2, 0.25) is 0 Å². The molecule has 46 heavy (non-hydrogen) atoms. The van der Waals surface area contributed by atoms with Gasteiger partial charge in [-0.15, -0.1) is 0 Å². The van der Waals surface area contributed by atoms with E-state index in [4.69, 9.17) is 23.9 Å². The second-order valence-corrected chi connectivity index (χ2v) is 12.5. The lowest BCUT2D eigenvalue weighted by Crippen LogP contribution is -2.34. The van der Waals surface area contributed by atoms with E-state index in [0.717, 1.165) is 10.4 Å². The average molecular weight is 637 g/mol. The van der Waals surface area contributed by atoms with Crippen molar-refractivity contribution in [1.29, 1.82) is 0 Å². The van der Waals surface area contributed by atoms with Crippen LogP contribution in [0.15, 0.2) is 24.4 Å². The van der Waals surface area contributed by atoms with Gasteiger partial charge < -0.3 is 34.6 Å². The summed E-state index contributed by atoms with van der Waals surface area (Å²) in [6.07, 6.45) is 1.78. The van der Waals surface area contributed by atoms with Gasteiger partial charge in [-0.2, -0.15) is 9.78 Å². The molecule has 0 saturated carbocycles. The Balaban J connectivity index is 1.63. The molecular weight excluding hydrogens is 596 g/mol. The number of nitrogens with zero attached hydrogens (tertiary/aromatic N) is 3. The van der Waals surface area contributed by atoms with Gasteiger partial charge in [0.15, 0.2) is 0 Å². The number of hydrogen-bond acceptors (Lipinski definition) is 10. The minimum atomic E-state index is -0.761. The maximum Gasteiger partial charge on any atom is 0.435 e. The van der Waals surface area contributed by atoms with Crippen LogP contribution >= 0.6 is 0 Å². The number of aryl methyl sites for hydroxylation is 1. The quantitative estimate of drug-likeness (QED) is 0.124. The highest BCUT2D eigenvalue weighted by Crippen LogP contribution is 2.35. The zero-order chi connectivity index (χ0) is 33.8. The molecule has 0 bridgehead atoms. The SMILES string of the molecule is CCOC(=O)c1cc(C)[nH]c1/C=C1\C(=O)Nc2ccc(-c3cn(C(=O)OC(C)(C)C)nc3COCCNC(=O)OC(C)(C)C)nc21. The van der Waals surface area contributed by atoms with E-state index >= 15 is 0 Å². The summed E-state index contributed by atoms with van der Waals surface area (Å²) in [6.45, 7) is 14.6. The van der Waals surface area contributed by atoms with E-state index in [0.29, 0.717) is 39.6 Å². The van der Waals surface area contributed by atoms with Crippen LogP contribution in [0.5, 0.6) is 0 Å². The number of pyridine rings is 1. The largest absolute Gasteiger partial charge is 0.462 e. The Hall–Kier alpha value is -4.98.